The van der Waals surface area contributed by atoms with Crippen molar-refractivity contribution in [2.75, 3.05) is 6.54 Å². The molecule has 0 amide bonds. The third-order valence-corrected chi connectivity index (χ3v) is 2.35. The number of nitrogens with zero attached hydrogens (tertiary/aromatic N) is 4. The Morgan fingerprint density at radius 2 is 1.35 bits per heavy atom. The van der Waals surface area contributed by atoms with E-state index in [4.69, 9.17) is 10.4 Å². The fourth-order valence-electron chi connectivity index (χ4n) is 0.993. The summed E-state index contributed by atoms with van der Waals surface area (Å²) in [6.45, 7) is 9.33. The van der Waals surface area contributed by atoms with Crippen LogP contribution in [0, 0.1) is 0 Å². The van der Waals surface area contributed by atoms with Crippen molar-refractivity contribution in [1.29, 1.82) is 0 Å². The second kappa shape index (κ2) is 7.54. The second-order valence-corrected chi connectivity index (χ2v) is 3.86. The third kappa shape index (κ3) is 5.79. The van der Waals surface area contributed by atoms with Crippen molar-refractivity contribution in [2.45, 2.75) is 40.7 Å². The number of oxime groups is 2. The lowest BCUT2D eigenvalue weighted by molar-refractivity contribution is 0.319. The molecule has 6 nitrogen and oxygen atoms in total. The van der Waals surface area contributed by atoms with Gasteiger partial charge in [-0.2, -0.15) is 0 Å². The van der Waals surface area contributed by atoms with E-state index < -0.39 is 0 Å². The van der Waals surface area contributed by atoms with E-state index in [0.717, 1.165) is 0 Å². The predicted molar refractivity (Wildman–Crippen MR) is 70.3 cm³/mol. The average molecular weight is 240 g/mol. The zero-order valence-corrected chi connectivity index (χ0v) is 11.0. The number of hydrogen-bond donors (Lipinski definition) is 2. The Labute approximate surface area is 101 Å². The highest BCUT2D eigenvalue weighted by Crippen LogP contribution is 1.95. The fourth-order valence-corrected chi connectivity index (χ4v) is 0.993. The van der Waals surface area contributed by atoms with Crippen molar-refractivity contribution in [3.05, 3.63) is 0 Å². The minimum absolute atomic E-state index is 0.0202. The van der Waals surface area contributed by atoms with Crippen LogP contribution in [0.25, 0.3) is 0 Å². The molecule has 0 bridgehead atoms. The zero-order valence-electron chi connectivity index (χ0n) is 11.0. The van der Waals surface area contributed by atoms with E-state index in [1.807, 2.05) is 6.92 Å². The van der Waals surface area contributed by atoms with Crippen molar-refractivity contribution in [1.82, 2.24) is 0 Å². The van der Waals surface area contributed by atoms with E-state index in [2.05, 4.69) is 20.3 Å². The standard InChI is InChI=1S/C11H20N4O2/c1-7(13-9(3)11(5)15-17)6-12-8(2)10(4)14-16/h7,16-17H,6H2,1-5H3/b12-8?,13-9?,14-10-,15-11-. The van der Waals surface area contributed by atoms with Gasteiger partial charge in [0.15, 0.2) is 0 Å². The van der Waals surface area contributed by atoms with Crippen LogP contribution in [-0.2, 0) is 0 Å². The monoisotopic (exact) mass is 240 g/mol. The van der Waals surface area contributed by atoms with Gasteiger partial charge < -0.3 is 10.4 Å². The van der Waals surface area contributed by atoms with Gasteiger partial charge in [-0.25, -0.2) is 0 Å². The molecular formula is C11H20N4O2. The van der Waals surface area contributed by atoms with Gasteiger partial charge in [-0.05, 0) is 34.6 Å². The molecule has 2 N–H and O–H groups in total. The second-order valence-electron chi connectivity index (χ2n) is 3.86. The van der Waals surface area contributed by atoms with E-state index >= 15 is 0 Å². The molecule has 0 aromatic rings. The summed E-state index contributed by atoms with van der Waals surface area (Å²) in [6.07, 6.45) is 0. The van der Waals surface area contributed by atoms with Gasteiger partial charge in [-0.3, -0.25) is 9.98 Å². The van der Waals surface area contributed by atoms with Crippen LogP contribution < -0.4 is 0 Å². The van der Waals surface area contributed by atoms with E-state index in [0.29, 0.717) is 29.4 Å². The molecule has 0 radical (unpaired) electrons. The molecule has 0 heterocycles. The van der Waals surface area contributed by atoms with Crippen LogP contribution in [0.4, 0.5) is 0 Å². The van der Waals surface area contributed by atoms with Gasteiger partial charge in [0, 0.05) is 0 Å². The van der Waals surface area contributed by atoms with E-state index in [1.54, 1.807) is 27.7 Å². The highest BCUT2D eigenvalue weighted by molar-refractivity contribution is 6.41. The predicted octanol–water partition coefficient (Wildman–Crippen LogP) is 2.00. The lowest BCUT2D eigenvalue weighted by atomic mass is 10.2. The minimum atomic E-state index is -0.0202. The van der Waals surface area contributed by atoms with Gasteiger partial charge in [0.05, 0.1) is 35.4 Å². The maximum absolute atomic E-state index is 8.58. The Morgan fingerprint density at radius 1 is 0.882 bits per heavy atom. The zero-order chi connectivity index (χ0) is 13.4. The van der Waals surface area contributed by atoms with Crippen LogP contribution in [0.3, 0.4) is 0 Å². The molecule has 0 aliphatic heterocycles. The average Bonchev–Trinajstić information content (AvgIpc) is 2.33. The van der Waals surface area contributed by atoms with Crippen molar-refractivity contribution in [3.8, 4) is 0 Å². The van der Waals surface area contributed by atoms with Crippen LogP contribution in [0.15, 0.2) is 20.3 Å². The summed E-state index contributed by atoms with van der Waals surface area (Å²) in [4.78, 5) is 8.57. The molecule has 0 saturated carbocycles. The molecule has 6 heteroatoms. The molecule has 1 unspecified atom stereocenters. The topological polar surface area (TPSA) is 89.9 Å². The van der Waals surface area contributed by atoms with Crippen molar-refractivity contribution in [2.24, 2.45) is 20.3 Å². The Kier molecular flexibility index (Phi) is 6.77. The molecule has 0 fully saturated rings. The third-order valence-electron chi connectivity index (χ3n) is 2.35. The first-order chi connectivity index (χ1) is 7.92. The van der Waals surface area contributed by atoms with Crippen LogP contribution in [0.5, 0.6) is 0 Å². The Balaban J connectivity index is 4.53. The van der Waals surface area contributed by atoms with E-state index in [-0.39, 0.29) is 6.04 Å². The highest BCUT2D eigenvalue weighted by atomic mass is 16.4. The molecule has 0 aliphatic rings. The van der Waals surface area contributed by atoms with Crippen LogP contribution in [0.2, 0.25) is 0 Å². The summed E-state index contributed by atoms with van der Waals surface area (Å²) in [5, 5.41) is 23.3. The van der Waals surface area contributed by atoms with Crippen LogP contribution in [-0.4, -0.2) is 45.8 Å². The molecule has 17 heavy (non-hydrogen) atoms. The van der Waals surface area contributed by atoms with Gasteiger partial charge in [-0.1, -0.05) is 10.3 Å². The molecule has 0 aromatic heterocycles. The number of hydrogen-bond acceptors (Lipinski definition) is 6. The summed E-state index contributed by atoms with van der Waals surface area (Å²) < 4.78 is 0. The molecule has 96 valence electrons. The van der Waals surface area contributed by atoms with Gasteiger partial charge >= 0.3 is 0 Å². The smallest absolute Gasteiger partial charge is 0.0971 e. The molecule has 0 saturated heterocycles. The lowest BCUT2D eigenvalue weighted by Gasteiger charge is -2.06. The lowest BCUT2D eigenvalue weighted by Crippen LogP contribution is -2.14. The maximum atomic E-state index is 8.58. The summed E-state index contributed by atoms with van der Waals surface area (Å²) in [6, 6.07) is -0.0202. The quantitative estimate of drug-likeness (QED) is 0.437. The van der Waals surface area contributed by atoms with E-state index in [9.17, 15) is 0 Å². The molecule has 1 atom stereocenters. The number of rotatable bonds is 5. The first-order valence-electron chi connectivity index (χ1n) is 5.35. The van der Waals surface area contributed by atoms with Gasteiger partial charge in [-0.15, -0.1) is 0 Å². The fraction of sp³-hybridized carbons (Fsp3) is 0.636. The van der Waals surface area contributed by atoms with Crippen molar-refractivity contribution >= 4 is 22.8 Å². The van der Waals surface area contributed by atoms with Gasteiger partial charge in [0.25, 0.3) is 0 Å². The summed E-state index contributed by atoms with van der Waals surface area (Å²) in [5.74, 6) is 0. The first kappa shape index (κ1) is 15.3. The number of aliphatic imine (C=N–C) groups is 2. The Hall–Kier alpha value is -1.72. The van der Waals surface area contributed by atoms with Crippen molar-refractivity contribution in [3.63, 3.8) is 0 Å². The minimum Gasteiger partial charge on any atom is -0.411 e. The maximum Gasteiger partial charge on any atom is 0.0971 e. The van der Waals surface area contributed by atoms with Crippen LogP contribution in [0.1, 0.15) is 34.6 Å². The largest absolute Gasteiger partial charge is 0.411 e. The molecule has 0 aromatic carbocycles. The van der Waals surface area contributed by atoms with Gasteiger partial charge in [0.1, 0.15) is 0 Å². The molecular weight excluding hydrogens is 220 g/mol. The molecule has 0 aliphatic carbocycles. The SMILES string of the molecule is CC(=NCC(C)N=C(C)/C(C)=N\O)/C(C)=N\O. The van der Waals surface area contributed by atoms with Crippen LogP contribution >= 0.6 is 0 Å². The summed E-state index contributed by atoms with van der Waals surface area (Å²) >= 11 is 0. The van der Waals surface area contributed by atoms with Gasteiger partial charge in [0.2, 0.25) is 0 Å². The van der Waals surface area contributed by atoms with Crippen molar-refractivity contribution < 1.29 is 10.4 Å². The summed E-state index contributed by atoms with van der Waals surface area (Å²) in [5.41, 5.74) is 2.34. The normalized spacial score (nSPS) is 17.2. The molecule has 0 rings (SSSR count). The Morgan fingerprint density at radius 3 is 1.82 bits per heavy atom. The van der Waals surface area contributed by atoms with E-state index in [1.165, 1.54) is 0 Å². The first-order valence-corrected chi connectivity index (χ1v) is 5.35. The molecule has 0 spiro atoms. The highest BCUT2D eigenvalue weighted by Gasteiger charge is 2.03. The summed E-state index contributed by atoms with van der Waals surface area (Å²) in [7, 11) is 0. The Bertz CT molecular complexity index is 370.